The zero-order valence-electron chi connectivity index (χ0n) is 12.4. The second kappa shape index (κ2) is 4.86. The second-order valence-electron chi connectivity index (χ2n) is 6.75. The molecule has 0 radical (unpaired) electrons. The summed E-state index contributed by atoms with van der Waals surface area (Å²) in [6.45, 7) is 5.11. The molecule has 1 saturated carbocycles. The van der Waals surface area contributed by atoms with Crippen LogP contribution >= 0.6 is 0 Å². The fourth-order valence-corrected chi connectivity index (χ4v) is 3.68. The topological polar surface area (TPSA) is 86.3 Å². The summed E-state index contributed by atoms with van der Waals surface area (Å²) in [5, 5.41) is 16.2. The molecule has 2 aliphatic rings. The van der Waals surface area contributed by atoms with E-state index < -0.39 is 17.3 Å². The summed E-state index contributed by atoms with van der Waals surface area (Å²) >= 11 is 0. The highest BCUT2D eigenvalue weighted by molar-refractivity contribution is 5.91. The normalized spacial score (nSPS) is 31.0. The van der Waals surface area contributed by atoms with Gasteiger partial charge in [-0.05, 0) is 24.3 Å². The average Bonchev–Trinajstić information content (AvgIpc) is 2.81. The average molecular weight is 291 g/mol. The van der Waals surface area contributed by atoms with Crippen LogP contribution in [0.2, 0.25) is 0 Å². The number of aromatic amines is 1. The van der Waals surface area contributed by atoms with Crippen molar-refractivity contribution in [3.8, 4) is 0 Å². The predicted molar refractivity (Wildman–Crippen MR) is 75.5 cm³/mol. The number of nitrogens with one attached hydrogen (secondary N) is 1. The second-order valence-corrected chi connectivity index (χ2v) is 6.75. The van der Waals surface area contributed by atoms with Crippen LogP contribution in [0.15, 0.2) is 12.3 Å². The van der Waals surface area contributed by atoms with Gasteiger partial charge in [0.2, 0.25) is 5.91 Å². The summed E-state index contributed by atoms with van der Waals surface area (Å²) in [6.07, 6.45) is 3.70. The van der Waals surface area contributed by atoms with Crippen LogP contribution in [0.3, 0.4) is 0 Å². The van der Waals surface area contributed by atoms with Crippen LogP contribution in [0.25, 0.3) is 0 Å². The Hall–Kier alpha value is -1.85. The first kappa shape index (κ1) is 14.1. The number of carboxylic acid groups (broad SMARTS) is 1. The molecule has 2 N–H and O–H groups in total. The van der Waals surface area contributed by atoms with Gasteiger partial charge in [-0.1, -0.05) is 13.8 Å². The smallest absolute Gasteiger partial charge is 0.307 e. The van der Waals surface area contributed by atoms with Crippen molar-refractivity contribution in [3.63, 3.8) is 0 Å². The van der Waals surface area contributed by atoms with Crippen LogP contribution in [0.4, 0.5) is 0 Å². The SMILES string of the molecule is CC1(C)[C@H](C(=O)O)[C@@H]1C(=O)N1CCCC(c2ccn[nH]2)C1. The lowest BCUT2D eigenvalue weighted by Crippen LogP contribution is -2.41. The molecule has 114 valence electrons. The van der Waals surface area contributed by atoms with Crippen molar-refractivity contribution >= 4 is 11.9 Å². The van der Waals surface area contributed by atoms with E-state index in [1.807, 2.05) is 24.8 Å². The fourth-order valence-electron chi connectivity index (χ4n) is 3.68. The van der Waals surface area contributed by atoms with Crippen LogP contribution in [0, 0.1) is 17.3 Å². The molecule has 3 rings (SSSR count). The van der Waals surface area contributed by atoms with Crippen LogP contribution in [0.1, 0.15) is 38.3 Å². The molecule has 21 heavy (non-hydrogen) atoms. The molecule has 1 aromatic rings. The highest BCUT2D eigenvalue weighted by Crippen LogP contribution is 2.59. The van der Waals surface area contributed by atoms with Crippen molar-refractivity contribution in [2.45, 2.75) is 32.6 Å². The van der Waals surface area contributed by atoms with Crippen molar-refractivity contribution in [1.82, 2.24) is 15.1 Å². The summed E-state index contributed by atoms with van der Waals surface area (Å²) in [6, 6.07) is 1.94. The van der Waals surface area contributed by atoms with Crippen molar-refractivity contribution in [2.75, 3.05) is 13.1 Å². The lowest BCUT2D eigenvalue weighted by Gasteiger charge is -2.32. The Morgan fingerprint density at radius 3 is 2.76 bits per heavy atom. The van der Waals surface area contributed by atoms with E-state index in [1.54, 1.807) is 6.20 Å². The standard InChI is InChI=1S/C15H21N3O3/c1-15(2)11(12(15)14(20)21)13(19)18-7-3-4-9(8-18)10-5-6-16-17-10/h5-6,9,11-12H,3-4,7-8H2,1-2H3,(H,16,17)(H,20,21)/t9?,11-,12+/m1/s1. The van der Waals surface area contributed by atoms with E-state index in [-0.39, 0.29) is 17.7 Å². The monoisotopic (exact) mass is 291 g/mol. The van der Waals surface area contributed by atoms with Crippen molar-refractivity contribution in [2.24, 2.45) is 17.3 Å². The van der Waals surface area contributed by atoms with E-state index in [2.05, 4.69) is 10.2 Å². The van der Waals surface area contributed by atoms with Crippen LogP contribution in [0.5, 0.6) is 0 Å². The number of H-pyrrole nitrogens is 1. The Labute approximate surface area is 123 Å². The first-order valence-electron chi connectivity index (χ1n) is 7.43. The van der Waals surface area contributed by atoms with E-state index >= 15 is 0 Å². The van der Waals surface area contributed by atoms with Gasteiger partial charge in [0.05, 0.1) is 11.8 Å². The molecule has 1 unspecified atom stereocenters. The highest BCUT2D eigenvalue weighted by Gasteiger charge is 2.66. The molecule has 2 heterocycles. The minimum Gasteiger partial charge on any atom is -0.481 e. The van der Waals surface area contributed by atoms with Crippen molar-refractivity contribution in [1.29, 1.82) is 0 Å². The lowest BCUT2D eigenvalue weighted by molar-refractivity contribution is -0.142. The number of piperidine rings is 1. The number of carboxylic acids is 1. The van der Waals surface area contributed by atoms with Gasteiger partial charge >= 0.3 is 5.97 Å². The Morgan fingerprint density at radius 2 is 2.19 bits per heavy atom. The summed E-state index contributed by atoms with van der Waals surface area (Å²) in [5.41, 5.74) is 0.626. The van der Waals surface area contributed by atoms with Gasteiger partial charge in [0.25, 0.3) is 0 Å². The van der Waals surface area contributed by atoms with Crippen molar-refractivity contribution in [3.05, 3.63) is 18.0 Å². The Morgan fingerprint density at radius 1 is 1.43 bits per heavy atom. The van der Waals surface area contributed by atoms with E-state index in [0.29, 0.717) is 6.54 Å². The molecule has 1 aliphatic heterocycles. The maximum Gasteiger partial charge on any atom is 0.307 e. The molecule has 0 spiro atoms. The number of likely N-dealkylation sites (tertiary alicyclic amines) is 1. The maximum absolute atomic E-state index is 12.6. The number of hydrogen-bond acceptors (Lipinski definition) is 3. The summed E-state index contributed by atoms with van der Waals surface area (Å²) < 4.78 is 0. The van der Waals surface area contributed by atoms with E-state index in [4.69, 9.17) is 0 Å². The first-order chi connectivity index (χ1) is 9.93. The number of aromatic nitrogens is 2. The van der Waals surface area contributed by atoms with Gasteiger partial charge in [-0.2, -0.15) is 5.10 Å². The molecule has 6 nitrogen and oxygen atoms in total. The van der Waals surface area contributed by atoms with Crippen LogP contribution < -0.4 is 0 Å². The van der Waals surface area contributed by atoms with Crippen LogP contribution in [-0.2, 0) is 9.59 Å². The molecule has 2 fully saturated rings. The van der Waals surface area contributed by atoms with E-state index in [9.17, 15) is 14.7 Å². The fraction of sp³-hybridized carbons (Fsp3) is 0.667. The molecule has 1 aromatic heterocycles. The van der Waals surface area contributed by atoms with Gasteiger partial charge in [-0.25, -0.2) is 0 Å². The number of rotatable bonds is 3. The molecule has 1 aliphatic carbocycles. The van der Waals surface area contributed by atoms with Gasteiger partial charge < -0.3 is 10.0 Å². The molecule has 6 heteroatoms. The number of amides is 1. The summed E-state index contributed by atoms with van der Waals surface area (Å²) in [5.74, 6) is -1.51. The largest absolute Gasteiger partial charge is 0.481 e. The van der Waals surface area contributed by atoms with Gasteiger partial charge in [-0.3, -0.25) is 14.7 Å². The van der Waals surface area contributed by atoms with E-state index in [1.165, 1.54) is 0 Å². The molecule has 3 atom stereocenters. The Kier molecular flexibility index (Phi) is 3.26. The number of hydrogen-bond donors (Lipinski definition) is 2. The number of carbonyl (C=O) groups excluding carboxylic acids is 1. The first-order valence-corrected chi connectivity index (χ1v) is 7.43. The Bertz CT molecular complexity index is 553. The zero-order chi connectivity index (χ0) is 15.2. The minimum absolute atomic E-state index is 0.00313. The van der Waals surface area contributed by atoms with Gasteiger partial charge in [0.15, 0.2) is 0 Å². The third-order valence-corrected chi connectivity index (χ3v) is 5.05. The number of nitrogens with zero attached hydrogens (tertiary/aromatic N) is 2. The molecule has 0 aromatic carbocycles. The summed E-state index contributed by atoms with van der Waals surface area (Å²) in [4.78, 5) is 25.7. The van der Waals surface area contributed by atoms with E-state index in [0.717, 1.165) is 25.1 Å². The number of aliphatic carboxylic acids is 1. The maximum atomic E-state index is 12.6. The highest BCUT2D eigenvalue weighted by atomic mass is 16.4. The molecular formula is C15H21N3O3. The lowest BCUT2D eigenvalue weighted by atomic mass is 9.94. The summed E-state index contributed by atoms with van der Waals surface area (Å²) in [7, 11) is 0. The molecule has 1 saturated heterocycles. The zero-order valence-corrected chi connectivity index (χ0v) is 12.4. The molecule has 1 amide bonds. The third kappa shape index (κ3) is 2.32. The van der Waals surface area contributed by atoms with Gasteiger partial charge in [0.1, 0.15) is 0 Å². The van der Waals surface area contributed by atoms with Crippen molar-refractivity contribution < 1.29 is 14.7 Å². The third-order valence-electron chi connectivity index (χ3n) is 5.05. The molecular weight excluding hydrogens is 270 g/mol. The van der Waals surface area contributed by atoms with Crippen LogP contribution in [-0.4, -0.2) is 45.2 Å². The number of carbonyl (C=O) groups is 2. The quantitative estimate of drug-likeness (QED) is 0.883. The predicted octanol–water partition coefficient (Wildman–Crippen LogP) is 1.47. The minimum atomic E-state index is -0.861. The van der Waals surface area contributed by atoms with Gasteiger partial charge in [-0.15, -0.1) is 0 Å². The Balaban J connectivity index is 1.70. The van der Waals surface area contributed by atoms with Gasteiger partial charge in [0, 0.05) is 30.9 Å². The molecule has 0 bridgehead atoms.